The standard InChI is InChI=1S/C19H24N6O.H2/c1-5-19(3,18(26)25(4)6-2)24-15-9-11-21-17(23-15)14-12-22-16-13(14)8-7-10-20-16;/h7-12H,5-6H2,1-4H3,(H,20,22)(H,21,23,24);1H/t19-;/m1./s1. The van der Waals surface area contributed by atoms with E-state index in [2.05, 4.69) is 25.3 Å². The Bertz CT molecular complexity index is 927. The minimum Gasteiger partial charge on any atom is -0.356 e. The van der Waals surface area contributed by atoms with Crippen molar-refractivity contribution in [3.63, 3.8) is 0 Å². The number of carbonyl (C=O) groups excluding carboxylic acids is 1. The van der Waals surface area contributed by atoms with E-state index in [4.69, 9.17) is 0 Å². The van der Waals surface area contributed by atoms with Crippen LogP contribution in [0.25, 0.3) is 22.4 Å². The maximum Gasteiger partial charge on any atom is 0.247 e. The molecule has 138 valence electrons. The van der Waals surface area contributed by atoms with Gasteiger partial charge in [-0.2, -0.15) is 0 Å². The molecule has 0 spiro atoms. The Morgan fingerprint density at radius 3 is 2.85 bits per heavy atom. The molecule has 0 bridgehead atoms. The Kier molecular flexibility index (Phi) is 4.88. The third-order valence-electron chi connectivity index (χ3n) is 4.75. The molecule has 1 amide bonds. The summed E-state index contributed by atoms with van der Waals surface area (Å²) >= 11 is 0. The third kappa shape index (κ3) is 3.24. The summed E-state index contributed by atoms with van der Waals surface area (Å²) in [5.74, 6) is 1.25. The SMILES string of the molecule is CCN(C)C(=O)[C@@](C)(CC)Nc1ccnc(-c2c[nH]c3ncccc23)n1.[HH]. The van der Waals surface area contributed by atoms with Crippen LogP contribution in [-0.4, -0.2) is 49.9 Å². The number of nitrogens with one attached hydrogen (secondary N) is 2. The van der Waals surface area contributed by atoms with E-state index in [9.17, 15) is 4.79 Å². The van der Waals surface area contributed by atoms with Crippen LogP contribution in [0, 0.1) is 0 Å². The summed E-state index contributed by atoms with van der Waals surface area (Å²) in [4.78, 5) is 30.9. The molecule has 3 heterocycles. The van der Waals surface area contributed by atoms with Crippen molar-refractivity contribution < 1.29 is 6.22 Å². The van der Waals surface area contributed by atoms with E-state index in [1.807, 2.05) is 46.1 Å². The summed E-state index contributed by atoms with van der Waals surface area (Å²) in [6, 6.07) is 5.65. The van der Waals surface area contributed by atoms with Crippen molar-refractivity contribution in [1.82, 2.24) is 24.8 Å². The van der Waals surface area contributed by atoms with Crippen molar-refractivity contribution in [1.29, 1.82) is 0 Å². The van der Waals surface area contributed by atoms with E-state index in [0.29, 0.717) is 24.6 Å². The summed E-state index contributed by atoms with van der Waals surface area (Å²) in [6.07, 6.45) is 5.94. The molecule has 0 radical (unpaired) electrons. The number of rotatable bonds is 6. The van der Waals surface area contributed by atoms with Crippen LogP contribution in [0.5, 0.6) is 0 Å². The number of hydrogen-bond donors (Lipinski definition) is 2. The first-order valence-electron chi connectivity index (χ1n) is 8.77. The Morgan fingerprint density at radius 2 is 2.12 bits per heavy atom. The number of anilines is 1. The molecule has 0 saturated carbocycles. The van der Waals surface area contributed by atoms with Gasteiger partial charge in [0.1, 0.15) is 17.0 Å². The molecule has 3 aromatic heterocycles. The molecule has 1 atom stereocenters. The highest BCUT2D eigenvalue weighted by molar-refractivity contribution is 5.92. The largest absolute Gasteiger partial charge is 0.356 e. The zero-order valence-corrected chi connectivity index (χ0v) is 15.6. The van der Waals surface area contributed by atoms with Crippen molar-refractivity contribution in [3.05, 3.63) is 36.8 Å². The molecule has 3 aromatic rings. The van der Waals surface area contributed by atoms with Crippen LogP contribution < -0.4 is 5.32 Å². The average molecular weight is 354 g/mol. The van der Waals surface area contributed by atoms with E-state index in [1.54, 1.807) is 23.4 Å². The summed E-state index contributed by atoms with van der Waals surface area (Å²) < 4.78 is 0. The third-order valence-corrected chi connectivity index (χ3v) is 4.75. The predicted molar refractivity (Wildman–Crippen MR) is 105 cm³/mol. The maximum absolute atomic E-state index is 12.7. The number of carbonyl (C=O) groups is 1. The lowest BCUT2D eigenvalue weighted by atomic mass is 9.97. The molecule has 0 aromatic carbocycles. The zero-order valence-electron chi connectivity index (χ0n) is 15.6. The number of fused-ring (bicyclic) bond motifs is 1. The van der Waals surface area contributed by atoms with Gasteiger partial charge in [-0.1, -0.05) is 6.92 Å². The van der Waals surface area contributed by atoms with Crippen LogP contribution in [0.3, 0.4) is 0 Å². The Hall–Kier alpha value is -2.96. The molecule has 0 fully saturated rings. The quantitative estimate of drug-likeness (QED) is 0.709. The number of amides is 1. The van der Waals surface area contributed by atoms with Gasteiger partial charge in [-0.05, 0) is 38.5 Å². The van der Waals surface area contributed by atoms with Crippen LogP contribution in [-0.2, 0) is 4.79 Å². The number of aromatic nitrogens is 4. The molecule has 0 saturated heterocycles. The maximum atomic E-state index is 12.7. The second kappa shape index (κ2) is 7.11. The van der Waals surface area contributed by atoms with Gasteiger partial charge in [0.15, 0.2) is 5.82 Å². The summed E-state index contributed by atoms with van der Waals surface area (Å²) in [6.45, 7) is 6.51. The van der Waals surface area contributed by atoms with Gasteiger partial charge in [0.2, 0.25) is 5.91 Å². The number of hydrogen-bond acceptors (Lipinski definition) is 5. The van der Waals surface area contributed by atoms with Gasteiger partial charge >= 0.3 is 0 Å². The molecule has 7 heteroatoms. The lowest BCUT2D eigenvalue weighted by molar-refractivity contribution is -0.134. The summed E-state index contributed by atoms with van der Waals surface area (Å²) in [5.41, 5.74) is 0.951. The first-order valence-corrected chi connectivity index (χ1v) is 8.77. The van der Waals surface area contributed by atoms with Crippen LogP contribution >= 0.6 is 0 Å². The van der Waals surface area contributed by atoms with Gasteiger partial charge < -0.3 is 15.2 Å². The predicted octanol–water partition coefficient (Wildman–Crippen LogP) is 3.32. The van der Waals surface area contributed by atoms with Crippen molar-refractivity contribution >= 4 is 22.8 Å². The first kappa shape index (κ1) is 17.8. The number of aromatic amines is 1. The van der Waals surface area contributed by atoms with Crippen LogP contribution in [0.15, 0.2) is 36.8 Å². The molecule has 3 rings (SSSR count). The van der Waals surface area contributed by atoms with Gasteiger partial charge in [-0.3, -0.25) is 4.79 Å². The van der Waals surface area contributed by atoms with Gasteiger partial charge in [-0.15, -0.1) is 0 Å². The summed E-state index contributed by atoms with van der Waals surface area (Å²) in [7, 11) is 1.81. The Morgan fingerprint density at radius 1 is 1.31 bits per heavy atom. The van der Waals surface area contributed by atoms with Crippen molar-refractivity contribution in [2.75, 3.05) is 18.9 Å². The topological polar surface area (TPSA) is 86.8 Å². The van der Waals surface area contributed by atoms with Crippen LogP contribution in [0.2, 0.25) is 0 Å². The van der Waals surface area contributed by atoms with E-state index in [1.165, 1.54) is 0 Å². The minimum absolute atomic E-state index is 0. The fraction of sp³-hybridized carbons (Fsp3) is 0.368. The first-order chi connectivity index (χ1) is 12.5. The Balaban J connectivity index is 0.00000261. The number of likely N-dealkylation sites (N-methyl/N-ethyl adjacent to an activating group) is 1. The molecule has 0 unspecified atom stereocenters. The van der Waals surface area contributed by atoms with Gasteiger partial charge in [-0.25, -0.2) is 15.0 Å². The average Bonchev–Trinajstić information content (AvgIpc) is 3.11. The van der Waals surface area contributed by atoms with E-state index in [-0.39, 0.29) is 7.33 Å². The second-order valence-electron chi connectivity index (χ2n) is 6.50. The van der Waals surface area contributed by atoms with Crippen LogP contribution in [0.1, 0.15) is 28.6 Å². The second-order valence-corrected chi connectivity index (χ2v) is 6.50. The van der Waals surface area contributed by atoms with Crippen molar-refractivity contribution in [2.24, 2.45) is 0 Å². The lowest BCUT2D eigenvalue weighted by Crippen LogP contribution is -2.50. The van der Waals surface area contributed by atoms with Crippen LogP contribution in [0.4, 0.5) is 5.82 Å². The van der Waals surface area contributed by atoms with E-state index < -0.39 is 5.54 Å². The smallest absolute Gasteiger partial charge is 0.247 e. The fourth-order valence-corrected chi connectivity index (χ4v) is 2.84. The number of pyridine rings is 1. The Labute approximate surface area is 154 Å². The molecule has 26 heavy (non-hydrogen) atoms. The highest BCUT2D eigenvalue weighted by atomic mass is 16.2. The van der Waals surface area contributed by atoms with Gasteiger partial charge in [0.25, 0.3) is 0 Å². The minimum atomic E-state index is -0.724. The van der Waals surface area contributed by atoms with Gasteiger partial charge in [0.05, 0.1) is 0 Å². The normalized spacial score (nSPS) is 13.4. The molecule has 2 N–H and O–H groups in total. The molecule has 0 aliphatic heterocycles. The molecular weight excluding hydrogens is 328 g/mol. The molecular formula is C19H26N6O. The van der Waals surface area contributed by atoms with Gasteiger partial charge in [0, 0.05) is 44.6 Å². The fourth-order valence-electron chi connectivity index (χ4n) is 2.84. The molecule has 0 aliphatic carbocycles. The molecule has 7 nitrogen and oxygen atoms in total. The highest BCUT2D eigenvalue weighted by Crippen LogP contribution is 2.26. The number of H-pyrrole nitrogens is 1. The number of nitrogens with zero attached hydrogens (tertiary/aromatic N) is 4. The lowest BCUT2D eigenvalue weighted by Gasteiger charge is -2.32. The van der Waals surface area contributed by atoms with E-state index in [0.717, 1.165) is 16.6 Å². The van der Waals surface area contributed by atoms with E-state index >= 15 is 0 Å². The van der Waals surface area contributed by atoms with Crippen molar-refractivity contribution in [3.8, 4) is 11.4 Å². The highest BCUT2D eigenvalue weighted by Gasteiger charge is 2.33. The summed E-state index contributed by atoms with van der Waals surface area (Å²) in [5, 5.41) is 4.27. The zero-order chi connectivity index (χ0) is 18.7. The monoisotopic (exact) mass is 354 g/mol. The molecule has 0 aliphatic rings. The van der Waals surface area contributed by atoms with Crippen molar-refractivity contribution in [2.45, 2.75) is 32.7 Å².